The van der Waals surface area contributed by atoms with Gasteiger partial charge >= 0.3 is 0 Å². The smallest absolute Gasteiger partial charge is 0.226 e. The van der Waals surface area contributed by atoms with Gasteiger partial charge in [0.2, 0.25) is 5.91 Å². The topological polar surface area (TPSA) is 32.3 Å². The molecule has 0 unspecified atom stereocenters. The first-order chi connectivity index (χ1) is 9.51. The number of nitrogens with one attached hydrogen (secondary N) is 1. The number of hydrogen-bond acceptors (Lipinski definition) is 2. The molecule has 0 atom stereocenters. The molecule has 0 aliphatic heterocycles. The van der Waals surface area contributed by atoms with Gasteiger partial charge in [0, 0.05) is 31.2 Å². The number of hydrogen-bond donors (Lipinski definition) is 1. The fourth-order valence-electron chi connectivity index (χ4n) is 1.88. The lowest BCUT2D eigenvalue weighted by Gasteiger charge is -2.24. The van der Waals surface area contributed by atoms with E-state index in [1.165, 1.54) is 5.69 Å². The third kappa shape index (κ3) is 5.04. The summed E-state index contributed by atoms with van der Waals surface area (Å²) < 4.78 is 0. The highest BCUT2D eigenvalue weighted by Gasteiger charge is 2.25. The largest absolute Gasteiger partial charge is 0.372 e. The Labute approximate surface area is 127 Å². The van der Waals surface area contributed by atoms with Crippen LogP contribution in [0.5, 0.6) is 0 Å². The van der Waals surface area contributed by atoms with Gasteiger partial charge in [0.05, 0.1) is 5.41 Å². The van der Waals surface area contributed by atoms with E-state index < -0.39 is 5.41 Å². The summed E-state index contributed by atoms with van der Waals surface area (Å²) in [5.74, 6) is 0.361. The Bertz CT molecular complexity index is 406. The summed E-state index contributed by atoms with van der Waals surface area (Å²) >= 11 is 5.78. The first kappa shape index (κ1) is 16.8. The minimum atomic E-state index is -0.495. The predicted molar refractivity (Wildman–Crippen MR) is 86.5 cm³/mol. The van der Waals surface area contributed by atoms with Crippen molar-refractivity contribution >= 4 is 23.2 Å². The summed E-state index contributed by atoms with van der Waals surface area (Å²) in [5, 5.41) is 2.95. The van der Waals surface area contributed by atoms with Gasteiger partial charge in [-0.3, -0.25) is 4.79 Å². The van der Waals surface area contributed by atoms with E-state index in [0.717, 1.165) is 19.5 Å². The number of anilines is 1. The minimum absolute atomic E-state index is 0.0234. The molecule has 1 N–H and O–H groups in total. The first-order valence-electron chi connectivity index (χ1n) is 7.15. The Morgan fingerprint density at radius 3 is 2.50 bits per heavy atom. The molecule has 1 rings (SSSR count). The molecule has 0 heterocycles. The summed E-state index contributed by atoms with van der Waals surface area (Å²) in [4.78, 5) is 14.2. The number of carbonyl (C=O) groups excluding carboxylic acids is 1. The number of alkyl halides is 1. The molecule has 1 amide bonds. The number of benzene rings is 1. The van der Waals surface area contributed by atoms with Crippen molar-refractivity contribution in [3.05, 3.63) is 30.3 Å². The molecule has 0 saturated carbocycles. The van der Waals surface area contributed by atoms with Gasteiger partial charge in [-0.2, -0.15) is 0 Å². The average Bonchev–Trinajstić information content (AvgIpc) is 2.48. The lowest BCUT2D eigenvalue weighted by Crippen LogP contribution is -2.39. The number of halogens is 1. The molecule has 3 nitrogen and oxygen atoms in total. The van der Waals surface area contributed by atoms with E-state index in [2.05, 4.69) is 29.3 Å². The van der Waals surface area contributed by atoms with Crippen molar-refractivity contribution in [2.24, 2.45) is 5.41 Å². The fourth-order valence-corrected chi connectivity index (χ4v) is 2.00. The molecule has 0 saturated heterocycles. The Morgan fingerprint density at radius 2 is 1.95 bits per heavy atom. The maximum absolute atomic E-state index is 11.9. The zero-order valence-electron chi connectivity index (χ0n) is 12.7. The van der Waals surface area contributed by atoms with Crippen LogP contribution in [0.25, 0.3) is 0 Å². The third-order valence-electron chi connectivity index (χ3n) is 3.34. The summed E-state index contributed by atoms with van der Waals surface area (Å²) in [6.45, 7) is 8.44. The second-order valence-electron chi connectivity index (χ2n) is 5.54. The Balaban J connectivity index is 2.35. The van der Waals surface area contributed by atoms with E-state index in [9.17, 15) is 4.79 Å². The van der Waals surface area contributed by atoms with Crippen LogP contribution in [0.15, 0.2) is 30.3 Å². The van der Waals surface area contributed by atoms with Crippen molar-refractivity contribution < 1.29 is 4.79 Å². The molecule has 1 aromatic carbocycles. The van der Waals surface area contributed by atoms with Crippen LogP contribution in [0, 0.1) is 5.41 Å². The van der Waals surface area contributed by atoms with Crippen molar-refractivity contribution in [3.8, 4) is 0 Å². The van der Waals surface area contributed by atoms with Crippen LogP contribution in [0.3, 0.4) is 0 Å². The van der Waals surface area contributed by atoms with Crippen LogP contribution in [0.4, 0.5) is 5.69 Å². The Morgan fingerprint density at radius 1 is 1.30 bits per heavy atom. The van der Waals surface area contributed by atoms with Crippen molar-refractivity contribution in [1.29, 1.82) is 0 Å². The summed E-state index contributed by atoms with van der Waals surface area (Å²) in [7, 11) is 0. The second-order valence-corrected chi connectivity index (χ2v) is 5.81. The van der Waals surface area contributed by atoms with E-state index in [-0.39, 0.29) is 5.91 Å². The van der Waals surface area contributed by atoms with E-state index in [4.69, 9.17) is 11.6 Å². The summed E-state index contributed by atoms with van der Waals surface area (Å²) in [6.07, 6.45) is 0.923. The van der Waals surface area contributed by atoms with Crippen LogP contribution < -0.4 is 10.2 Å². The van der Waals surface area contributed by atoms with Gasteiger partial charge in [-0.15, -0.1) is 11.6 Å². The number of amides is 1. The molecule has 0 aliphatic rings. The van der Waals surface area contributed by atoms with Crippen LogP contribution in [-0.2, 0) is 4.79 Å². The lowest BCUT2D eigenvalue weighted by molar-refractivity contribution is -0.128. The van der Waals surface area contributed by atoms with Crippen molar-refractivity contribution in [1.82, 2.24) is 5.32 Å². The molecular weight excluding hydrogens is 272 g/mol. The first-order valence-corrected chi connectivity index (χ1v) is 7.69. The van der Waals surface area contributed by atoms with Gasteiger partial charge in [0.25, 0.3) is 0 Å². The second kappa shape index (κ2) is 8.15. The van der Waals surface area contributed by atoms with Gasteiger partial charge in [-0.05, 0) is 39.3 Å². The van der Waals surface area contributed by atoms with E-state index in [0.29, 0.717) is 12.4 Å². The molecule has 0 bridgehead atoms. The predicted octanol–water partition coefficient (Wildman–Crippen LogP) is 3.28. The van der Waals surface area contributed by atoms with Crippen molar-refractivity contribution in [2.75, 3.05) is 30.4 Å². The molecule has 0 aromatic heterocycles. The molecule has 20 heavy (non-hydrogen) atoms. The lowest BCUT2D eigenvalue weighted by atomic mass is 9.95. The zero-order valence-corrected chi connectivity index (χ0v) is 13.4. The molecular formula is C16H25ClN2O. The monoisotopic (exact) mass is 296 g/mol. The van der Waals surface area contributed by atoms with Crippen LogP contribution in [0.2, 0.25) is 0 Å². The maximum atomic E-state index is 11.9. The Hall–Kier alpha value is -1.22. The fraction of sp³-hybridized carbons (Fsp3) is 0.562. The van der Waals surface area contributed by atoms with Gasteiger partial charge in [0.15, 0.2) is 0 Å². The van der Waals surface area contributed by atoms with Gasteiger partial charge < -0.3 is 10.2 Å². The van der Waals surface area contributed by atoms with Gasteiger partial charge in [0.1, 0.15) is 0 Å². The minimum Gasteiger partial charge on any atom is -0.372 e. The number of rotatable bonds is 8. The maximum Gasteiger partial charge on any atom is 0.226 e. The van der Waals surface area contributed by atoms with Crippen LogP contribution >= 0.6 is 11.6 Å². The highest BCUT2D eigenvalue weighted by molar-refractivity contribution is 6.19. The number of carbonyl (C=O) groups is 1. The van der Waals surface area contributed by atoms with Crippen LogP contribution in [-0.4, -0.2) is 31.4 Å². The number of para-hydroxylation sites is 1. The van der Waals surface area contributed by atoms with E-state index in [1.807, 2.05) is 32.0 Å². The van der Waals surface area contributed by atoms with E-state index in [1.54, 1.807) is 0 Å². The highest BCUT2D eigenvalue weighted by atomic mass is 35.5. The van der Waals surface area contributed by atoms with Gasteiger partial charge in [-0.1, -0.05) is 18.2 Å². The standard InChI is InChI=1S/C16H25ClN2O/c1-4-19(14-9-6-5-7-10-14)12-8-11-18-15(20)16(2,3)13-17/h5-7,9-10H,4,8,11-13H2,1-3H3,(H,18,20). The molecule has 0 aliphatic carbocycles. The Kier molecular flexibility index (Phi) is 6.86. The summed E-state index contributed by atoms with van der Waals surface area (Å²) in [6, 6.07) is 10.3. The molecule has 112 valence electrons. The van der Waals surface area contributed by atoms with E-state index >= 15 is 0 Å². The van der Waals surface area contributed by atoms with Crippen molar-refractivity contribution in [3.63, 3.8) is 0 Å². The third-order valence-corrected chi connectivity index (χ3v) is 4.01. The highest BCUT2D eigenvalue weighted by Crippen LogP contribution is 2.17. The quantitative estimate of drug-likeness (QED) is 0.590. The molecule has 1 aromatic rings. The average molecular weight is 297 g/mol. The zero-order chi connectivity index (χ0) is 15.0. The normalized spacial score (nSPS) is 11.2. The molecule has 0 spiro atoms. The molecule has 0 fully saturated rings. The van der Waals surface area contributed by atoms with Crippen LogP contribution in [0.1, 0.15) is 27.2 Å². The van der Waals surface area contributed by atoms with Gasteiger partial charge in [-0.25, -0.2) is 0 Å². The SMILES string of the molecule is CCN(CCCNC(=O)C(C)(C)CCl)c1ccccc1. The molecule has 0 radical (unpaired) electrons. The molecule has 4 heteroatoms. The summed E-state index contributed by atoms with van der Waals surface area (Å²) in [5.41, 5.74) is 0.730. The van der Waals surface area contributed by atoms with Crippen molar-refractivity contribution in [2.45, 2.75) is 27.2 Å². The number of nitrogens with zero attached hydrogens (tertiary/aromatic N) is 1.